The molecule has 5 nitrogen and oxygen atoms in total. The molecule has 0 bridgehead atoms. The summed E-state index contributed by atoms with van der Waals surface area (Å²) in [6.07, 6.45) is 1.34. The summed E-state index contributed by atoms with van der Waals surface area (Å²) >= 11 is 8.14. The van der Waals surface area contributed by atoms with E-state index in [0.29, 0.717) is 17.3 Å². The van der Waals surface area contributed by atoms with E-state index >= 15 is 0 Å². The fraction of sp³-hybridized carbons (Fsp3) is 0.400. The third-order valence-electron chi connectivity index (χ3n) is 4.31. The van der Waals surface area contributed by atoms with E-state index in [9.17, 15) is 9.59 Å². The van der Waals surface area contributed by atoms with Crippen molar-refractivity contribution in [2.45, 2.75) is 30.7 Å². The summed E-state index contributed by atoms with van der Waals surface area (Å²) in [5.74, 6) is 0.574. The van der Waals surface area contributed by atoms with Crippen molar-refractivity contribution < 1.29 is 9.59 Å². The largest absolute Gasteiger partial charge is 0.315 e. The number of nitrogens with zero attached hydrogens (tertiary/aromatic N) is 2. The molecule has 0 spiro atoms. The number of aromatic nitrogens is 1. The number of carbonyl (C=O) groups is 2. The normalized spacial score (nSPS) is 26.0. The second kappa shape index (κ2) is 6.12. The van der Waals surface area contributed by atoms with Gasteiger partial charge in [-0.1, -0.05) is 0 Å². The predicted octanol–water partition coefficient (Wildman–Crippen LogP) is 4.03. The lowest BCUT2D eigenvalue weighted by atomic mass is 10.2. The highest BCUT2D eigenvalue weighted by Crippen LogP contribution is 2.47. The molecule has 0 aliphatic carbocycles. The molecule has 9 heteroatoms. The molecule has 0 unspecified atom stereocenters. The van der Waals surface area contributed by atoms with E-state index in [1.165, 1.54) is 11.3 Å². The minimum atomic E-state index is -0.404. The van der Waals surface area contributed by atoms with Gasteiger partial charge in [0.25, 0.3) is 0 Å². The van der Waals surface area contributed by atoms with Crippen LogP contribution >= 0.6 is 50.4 Å². The Morgan fingerprint density at radius 2 is 2.33 bits per heavy atom. The number of nitrogens with one attached hydrogen (secondary N) is 1. The van der Waals surface area contributed by atoms with Gasteiger partial charge in [-0.25, -0.2) is 4.98 Å². The number of fused-ring (bicyclic) bond motifs is 1. The molecule has 0 saturated carbocycles. The van der Waals surface area contributed by atoms with Gasteiger partial charge in [0.05, 0.1) is 19.2 Å². The topological polar surface area (TPSA) is 62.3 Å². The van der Waals surface area contributed by atoms with Gasteiger partial charge in [-0.2, -0.15) is 0 Å². The number of anilines is 1. The molecule has 1 N–H and O–H groups in total. The van der Waals surface area contributed by atoms with E-state index in [-0.39, 0.29) is 16.7 Å². The van der Waals surface area contributed by atoms with Crippen molar-refractivity contribution in [3.05, 3.63) is 21.3 Å². The van der Waals surface area contributed by atoms with E-state index in [4.69, 9.17) is 0 Å². The zero-order valence-corrected chi connectivity index (χ0v) is 16.8. The maximum atomic E-state index is 12.6. The number of thiazole rings is 1. The van der Waals surface area contributed by atoms with Crippen molar-refractivity contribution in [3.8, 4) is 10.6 Å². The Morgan fingerprint density at radius 3 is 3.08 bits per heavy atom. The first-order valence-electron chi connectivity index (χ1n) is 7.44. The molecule has 2 saturated heterocycles. The van der Waals surface area contributed by atoms with Crippen LogP contribution in [0.3, 0.4) is 0 Å². The van der Waals surface area contributed by atoms with E-state index < -0.39 is 6.04 Å². The standard InChI is InChI=1S/C15H14BrN3O2S3/c1-15-5-4-12(20)19(15)9(7-23-15)13(21)18-14-17-8(6-22-14)10-2-3-11(16)24-10/h2-3,6,9H,4-5,7H2,1H3,(H,17,18,21)/t9-,15+/m1/s1. The monoisotopic (exact) mass is 443 g/mol. The van der Waals surface area contributed by atoms with Crippen molar-refractivity contribution >= 4 is 67.3 Å². The Hall–Kier alpha value is -0.900. The quantitative estimate of drug-likeness (QED) is 0.777. The Bertz CT molecular complexity index is 821. The van der Waals surface area contributed by atoms with Gasteiger partial charge in [0, 0.05) is 17.6 Å². The summed E-state index contributed by atoms with van der Waals surface area (Å²) in [4.78, 5) is 31.9. The molecule has 2 aromatic heterocycles. The molecule has 2 aliphatic heterocycles. The smallest absolute Gasteiger partial charge is 0.249 e. The van der Waals surface area contributed by atoms with Crippen LogP contribution in [0.5, 0.6) is 0 Å². The first-order valence-corrected chi connectivity index (χ1v) is 10.9. The van der Waals surface area contributed by atoms with Gasteiger partial charge in [0.1, 0.15) is 6.04 Å². The lowest BCUT2D eigenvalue weighted by molar-refractivity contribution is -0.135. The maximum absolute atomic E-state index is 12.6. The van der Waals surface area contributed by atoms with Crippen LogP contribution in [0.4, 0.5) is 5.13 Å². The summed E-state index contributed by atoms with van der Waals surface area (Å²) in [7, 11) is 0. The molecule has 4 heterocycles. The number of thiophene rings is 1. The fourth-order valence-electron chi connectivity index (χ4n) is 3.10. The summed E-state index contributed by atoms with van der Waals surface area (Å²) < 4.78 is 1.05. The fourth-order valence-corrected chi connectivity index (χ4v) is 6.67. The molecule has 0 aromatic carbocycles. The highest BCUT2D eigenvalue weighted by Gasteiger charge is 2.52. The van der Waals surface area contributed by atoms with Crippen LogP contribution in [0.25, 0.3) is 10.6 Å². The number of thioether (sulfide) groups is 1. The van der Waals surface area contributed by atoms with Gasteiger partial charge in [-0.15, -0.1) is 34.4 Å². The number of rotatable bonds is 3. The van der Waals surface area contributed by atoms with E-state index in [1.807, 2.05) is 24.4 Å². The van der Waals surface area contributed by atoms with E-state index in [2.05, 4.69) is 26.2 Å². The Morgan fingerprint density at radius 1 is 1.50 bits per heavy atom. The molecule has 24 heavy (non-hydrogen) atoms. The average Bonchev–Trinajstić information content (AvgIpc) is 3.27. The van der Waals surface area contributed by atoms with Crippen molar-refractivity contribution in [2.24, 2.45) is 0 Å². The van der Waals surface area contributed by atoms with Crippen molar-refractivity contribution in [3.63, 3.8) is 0 Å². The molecule has 2 amide bonds. The summed E-state index contributed by atoms with van der Waals surface area (Å²) in [5.41, 5.74) is 0.855. The molecule has 2 aromatic rings. The SMILES string of the molecule is C[C@]12CCC(=O)N1[C@@H](C(=O)Nc1nc(-c3ccc(Br)s3)cs1)CS2. The van der Waals surface area contributed by atoms with Crippen LogP contribution in [0.2, 0.25) is 0 Å². The van der Waals surface area contributed by atoms with Crippen molar-refractivity contribution in [2.75, 3.05) is 11.1 Å². The molecule has 2 aliphatic rings. The number of hydrogen-bond donors (Lipinski definition) is 1. The summed E-state index contributed by atoms with van der Waals surface area (Å²) in [5, 5.41) is 5.39. The van der Waals surface area contributed by atoms with Crippen LogP contribution in [0.15, 0.2) is 21.3 Å². The van der Waals surface area contributed by atoms with Gasteiger partial charge in [0.2, 0.25) is 11.8 Å². The Kier molecular flexibility index (Phi) is 4.22. The summed E-state index contributed by atoms with van der Waals surface area (Å²) in [6.45, 7) is 2.05. The minimum Gasteiger partial charge on any atom is -0.315 e. The van der Waals surface area contributed by atoms with Crippen LogP contribution < -0.4 is 5.32 Å². The van der Waals surface area contributed by atoms with Gasteiger partial charge in [-0.3, -0.25) is 9.59 Å². The molecule has 0 radical (unpaired) electrons. The third-order valence-corrected chi connectivity index (χ3v) is 8.22. The van der Waals surface area contributed by atoms with Gasteiger partial charge in [0.15, 0.2) is 5.13 Å². The van der Waals surface area contributed by atoms with E-state index in [0.717, 1.165) is 20.8 Å². The number of halogens is 1. The first kappa shape index (κ1) is 16.6. The Labute approximate surface area is 160 Å². The second-order valence-corrected chi connectivity index (χ2v) is 10.7. The molecule has 4 rings (SSSR count). The minimum absolute atomic E-state index is 0.0749. The maximum Gasteiger partial charge on any atom is 0.249 e. The molecule has 126 valence electrons. The molecular weight excluding hydrogens is 430 g/mol. The van der Waals surface area contributed by atoms with Gasteiger partial charge in [-0.05, 0) is 41.4 Å². The average molecular weight is 444 g/mol. The van der Waals surface area contributed by atoms with Crippen LogP contribution in [-0.4, -0.2) is 38.4 Å². The lowest BCUT2D eigenvalue weighted by Gasteiger charge is -2.29. The lowest BCUT2D eigenvalue weighted by Crippen LogP contribution is -2.48. The highest BCUT2D eigenvalue weighted by atomic mass is 79.9. The van der Waals surface area contributed by atoms with E-state index in [1.54, 1.807) is 28.0 Å². The number of amides is 2. The second-order valence-electron chi connectivity index (χ2n) is 5.90. The predicted molar refractivity (Wildman–Crippen MR) is 102 cm³/mol. The van der Waals surface area contributed by atoms with Crippen LogP contribution in [0, 0.1) is 0 Å². The zero-order chi connectivity index (χ0) is 16.9. The van der Waals surface area contributed by atoms with Crippen LogP contribution in [-0.2, 0) is 9.59 Å². The summed E-state index contributed by atoms with van der Waals surface area (Å²) in [6, 6.07) is 3.57. The molecule has 2 fully saturated rings. The highest BCUT2D eigenvalue weighted by molar-refractivity contribution is 9.11. The first-order chi connectivity index (χ1) is 11.5. The van der Waals surface area contributed by atoms with Crippen molar-refractivity contribution in [1.29, 1.82) is 0 Å². The van der Waals surface area contributed by atoms with Crippen LogP contribution in [0.1, 0.15) is 19.8 Å². The molecule has 2 atom stereocenters. The Balaban J connectivity index is 1.49. The van der Waals surface area contributed by atoms with Crippen molar-refractivity contribution in [1.82, 2.24) is 9.88 Å². The number of hydrogen-bond acceptors (Lipinski definition) is 6. The number of carbonyl (C=O) groups excluding carboxylic acids is 2. The third kappa shape index (κ3) is 2.81. The molecular formula is C15H14BrN3O2S3. The van der Waals surface area contributed by atoms with Gasteiger partial charge < -0.3 is 10.2 Å². The van der Waals surface area contributed by atoms with Gasteiger partial charge >= 0.3 is 0 Å². The zero-order valence-electron chi connectivity index (χ0n) is 12.7.